The molecule has 0 bridgehead atoms. The lowest BCUT2D eigenvalue weighted by atomic mass is 9.86. The van der Waals surface area contributed by atoms with Gasteiger partial charge in [-0.3, -0.25) is 9.59 Å². The molecule has 0 atom stereocenters. The highest BCUT2D eigenvalue weighted by Crippen LogP contribution is 2.38. The number of aromatic nitrogens is 1. The van der Waals surface area contributed by atoms with Crippen molar-refractivity contribution in [2.24, 2.45) is 0 Å². The molecule has 0 radical (unpaired) electrons. The molecule has 1 N–H and O–H groups in total. The number of rotatable bonds is 2. The van der Waals surface area contributed by atoms with Gasteiger partial charge in [0, 0.05) is 33.8 Å². The van der Waals surface area contributed by atoms with Crippen molar-refractivity contribution in [3.05, 3.63) is 69.8 Å². The van der Waals surface area contributed by atoms with Crippen LogP contribution in [0.1, 0.15) is 26.3 Å². The highest BCUT2D eigenvalue weighted by atomic mass is 79.9. The molecular formula is C19H12BrNO3. The number of carbonyl (C=O) groups excluding carboxylic acids is 2. The molecular weight excluding hydrogens is 370 g/mol. The van der Waals surface area contributed by atoms with Crippen molar-refractivity contribution in [1.82, 2.24) is 4.98 Å². The second-order valence-corrected chi connectivity index (χ2v) is 6.30. The molecule has 1 aliphatic carbocycles. The molecule has 0 fully saturated rings. The molecule has 1 aliphatic rings. The van der Waals surface area contributed by atoms with Crippen LogP contribution in [0, 0.1) is 0 Å². The van der Waals surface area contributed by atoms with Crippen LogP contribution in [0.15, 0.2) is 53.1 Å². The van der Waals surface area contributed by atoms with Crippen LogP contribution in [0.4, 0.5) is 0 Å². The number of Topliss-reactive ketones (excluding diaryl/α,β-unsaturated/α-hetero) is 2. The first-order chi connectivity index (χ1) is 11.6. The zero-order valence-electron chi connectivity index (χ0n) is 12.7. The van der Waals surface area contributed by atoms with Crippen LogP contribution in [0.2, 0.25) is 0 Å². The molecule has 118 valence electrons. The van der Waals surface area contributed by atoms with Gasteiger partial charge in [-0.2, -0.15) is 0 Å². The number of ketones is 2. The van der Waals surface area contributed by atoms with E-state index >= 15 is 0 Å². The van der Waals surface area contributed by atoms with Gasteiger partial charge in [0.05, 0.1) is 17.2 Å². The minimum absolute atomic E-state index is 0.166. The summed E-state index contributed by atoms with van der Waals surface area (Å²) in [5.41, 5.74) is 2.79. The quantitative estimate of drug-likeness (QED) is 0.717. The Morgan fingerprint density at radius 2 is 1.67 bits per heavy atom. The number of methoxy groups -OCH3 is 1. The number of H-pyrrole nitrogens is 1. The summed E-state index contributed by atoms with van der Waals surface area (Å²) >= 11 is 3.34. The van der Waals surface area contributed by atoms with Gasteiger partial charge < -0.3 is 9.72 Å². The Labute approximate surface area is 146 Å². The van der Waals surface area contributed by atoms with E-state index in [9.17, 15) is 9.59 Å². The third kappa shape index (κ3) is 2.05. The smallest absolute Gasteiger partial charge is 0.201 e. The van der Waals surface area contributed by atoms with E-state index in [1.807, 2.05) is 18.2 Å². The van der Waals surface area contributed by atoms with Crippen LogP contribution in [0.3, 0.4) is 0 Å². The molecule has 2 aromatic carbocycles. The number of carbonyl (C=O) groups is 2. The van der Waals surface area contributed by atoms with E-state index in [1.54, 1.807) is 37.6 Å². The fourth-order valence-corrected chi connectivity index (χ4v) is 3.63. The Kier molecular flexibility index (Phi) is 3.39. The Balaban J connectivity index is 1.98. The summed E-state index contributed by atoms with van der Waals surface area (Å²) in [4.78, 5) is 28.8. The van der Waals surface area contributed by atoms with Gasteiger partial charge in [0.1, 0.15) is 5.75 Å². The van der Waals surface area contributed by atoms with E-state index in [0.717, 1.165) is 10.9 Å². The number of aromatic amines is 1. The second-order valence-electron chi connectivity index (χ2n) is 5.51. The lowest BCUT2D eigenvalue weighted by Crippen LogP contribution is -2.18. The fourth-order valence-electron chi connectivity index (χ4n) is 3.02. The predicted octanol–water partition coefficient (Wildman–Crippen LogP) is 4.36. The summed E-state index contributed by atoms with van der Waals surface area (Å²) in [5.74, 6) is 0.341. The lowest BCUT2D eigenvalue weighted by molar-refractivity contribution is 0.0999. The summed E-state index contributed by atoms with van der Waals surface area (Å²) < 4.78 is 5.56. The summed E-state index contributed by atoms with van der Waals surface area (Å²) in [6, 6.07) is 12.5. The minimum Gasteiger partial charge on any atom is -0.497 e. The molecule has 0 unspecified atom stereocenters. The van der Waals surface area contributed by atoms with Gasteiger partial charge in [0.2, 0.25) is 5.78 Å². The molecule has 0 saturated carbocycles. The van der Waals surface area contributed by atoms with Crippen molar-refractivity contribution >= 4 is 44.0 Å². The molecule has 24 heavy (non-hydrogen) atoms. The van der Waals surface area contributed by atoms with E-state index in [4.69, 9.17) is 4.74 Å². The van der Waals surface area contributed by atoms with Crippen molar-refractivity contribution in [3.8, 4) is 5.75 Å². The third-order valence-electron chi connectivity index (χ3n) is 4.22. The number of ether oxygens (including phenoxy) is 1. The summed E-state index contributed by atoms with van der Waals surface area (Å²) in [6.45, 7) is 0. The Hall–Kier alpha value is -2.66. The van der Waals surface area contributed by atoms with Crippen LogP contribution >= 0.6 is 15.9 Å². The number of hydrogen-bond acceptors (Lipinski definition) is 3. The molecule has 0 aliphatic heterocycles. The van der Waals surface area contributed by atoms with Gasteiger partial charge >= 0.3 is 0 Å². The topological polar surface area (TPSA) is 59.2 Å². The van der Waals surface area contributed by atoms with Crippen molar-refractivity contribution < 1.29 is 14.3 Å². The maximum atomic E-state index is 13.0. The molecule has 0 amide bonds. The lowest BCUT2D eigenvalue weighted by Gasteiger charge is -2.17. The minimum atomic E-state index is -0.183. The highest BCUT2D eigenvalue weighted by Gasteiger charge is 2.32. The van der Waals surface area contributed by atoms with Gasteiger partial charge in [-0.15, -0.1) is 0 Å². The standard InChI is InChI=1S/C19H12BrNO3/c1-24-10-6-7-15-13(8-10)14(9-21-15)16-17(20)19(23)12-5-3-2-4-11(12)18(16)22/h2-9,21H,1H3. The third-order valence-corrected chi connectivity index (χ3v) is 4.98. The number of allylic oxidation sites excluding steroid dienone is 2. The molecule has 4 nitrogen and oxygen atoms in total. The maximum absolute atomic E-state index is 13.0. The fraction of sp³-hybridized carbons (Fsp3) is 0.0526. The van der Waals surface area contributed by atoms with Gasteiger partial charge in [-0.25, -0.2) is 0 Å². The van der Waals surface area contributed by atoms with Crippen molar-refractivity contribution in [1.29, 1.82) is 0 Å². The SMILES string of the molecule is COc1ccc2[nH]cc(C3=C(Br)C(=O)c4ccccc4C3=O)c2c1. The van der Waals surface area contributed by atoms with Crippen LogP contribution in [0.5, 0.6) is 5.75 Å². The average molecular weight is 382 g/mol. The predicted molar refractivity (Wildman–Crippen MR) is 95.8 cm³/mol. The molecule has 3 aromatic rings. The van der Waals surface area contributed by atoms with E-state index in [2.05, 4.69) is 20.9 Å². The van der Waals surface area contributed by atoms with Gasteiger partial charge in [0.25, 0.3) is 0 Å². The van der Waals surface area contributed by atoms with Crippen LogP contribution < -0.4 is 4.74 Å². The number of halogens is 1. The zero-order chi connectivity index (χ0) is 16.8. The summed E-state index contributed by atoms with van der Waals surface area (Å²) in [5, 5.41) is 0.835. The highest BCUT2D eigenvalue weighted by molar-refractivity contribution is 9.12. The number of benzene rings is 2. The van der Waals surface area contributed by atoms with Crippen molar-refractivity contribution in [2.45, 2.75) is 0 Å². The Morgan fingerprint density at radius 1 is 0.958 bits per heavy atom. The molecule has 1 heterocycles. The Morgan fingerprint density at radius 3 is 2.38 bits per heavy atom. The first-order valence-corrected chi connectivity index (χ1v) is 8.15. The van der Waals surface area contributed by atoms with Crippen LogP contribution in [0.25, 0.3) is 16.5 Å². The Bertz CT molecular complexity index is 1050. The normalized spacial score (nSPS) is 14.2. The van der Waals surface area contributed by atoms with E-state index in [1.165, 1.54) is 0 Å². The molecule has 0 saturated heterocycles. The van der Waals surface area contributed by atoms with E-state index in [0.29, 0.717) is 28.0 Å². The van der Waals surface area contributed by atoms with Gasteiger partial charge in [-0.1, -0.05) is 24.3 Å². The summed E-state index contributed by atoms with van der Waals surface area (Å²) in [7, 11) is 1.59. The monoisotopic (exact) mass is 381 g/mol. The molecule has 1 aromatic heterocycles. The van der Waals surface area contributed by atoms with Crippen molar-refractivity contribution in [2.75, 3.05) is 7.11 Å². The number of fused-ring (bicyclic) bond motifs is 2. The van der Waals surface area contributed by atoms with Gasteiger partial charge in [-0.05, 0) is 34.1 Å². The zero-order valence-corrected chi connectivity index (χ0v) is 14.3. The molecule has 4 rings (SSSR count). The first kappa shape index (κ1) is 14.9. The maximum Gasteiger partial charge on any atom is 0.201 e. The first-order valence-electron chi connectivity index (χ1n) is 7.35. The van der Waals surface area contributed by atoms with Crippen LogP contribution in [-0.4, -0.2) is 23.7 Å². The number of nitrogens with one attached hydrogen (secondary N) is 1. The molecule has 0 spiro atoms. The van der Waals surface area contributed by atoms with E-state index < -0.39 is 0 Å². The molecule has 5 heteroatoms. The second kappa shape index (κ2) is 5.46. The van der Waals surface area contributed by atoms with Crippen molar-refractivity contribution in [3.63, 3.8) is 0 Å². The largest absolute Gasteiger partial charge is 0.497 e. The van der Waals surface area contributed by atoms with Crippen LogP contribution in [-0.2, 0) is 0 Å². The average Bonchev–Trinajstić information content (AvgIpc) is 3.03. The van der Waals surface area contributed by atoms with E-state index in [-0.39, 0.29) is 16.0 Å². The van der Waals surface area contributed by atoms with Gasteiger partial charge in [0.15, 0.2) is 5.78 Å². The number of hydrogen-bond donors (Lipinski definition) is 1. The summed E-state index contributed by atoms with van der Waals surface area (Å²) in [6.07, 6.45) is 1.75.